The summed E-state index contributed by atoms with van der Waals surface area (Å²) in [6, 6.07) is 6.37. The second-order valence-corrected chi connectivity index (χ2v) is 7.54. The Morgan fingerprint density at radius 1 is 1.24 bits per heavy atom. The van der Waals surface area contributed by atoms with Gasteiger partial charge in [-0.1, -0.05) is 35.7 Å². The van der Waals surface area contributed by atoms with Crippen molar-refractivity contribution in [2.75, 3.05) is 6.54 Å². The maximum absolute atomic E-state index is 12.6. The maximum Gasteiger partial charge on any atom is 0.188 e. The highest BCUT2D eigenvalue weighted by molar-refractivity contribution is 7.92. The largest absolute Gasteiger partial charge is 0.330 e. The monoisotopic (exact) mass is 332 g/mol. The number of halogens is 1. The van der Waals surface area contributed by atoms with E-state index in [1.807, 2.05) is 6.92 Å². The first-order chi connectivity index (χ1) is 9.80. The number of rotatable bonds is 8. The van der Waals surface area contributed by atoms with Crippen LogP contribution in [0.3, 0.4) is 0 Å². The minimum Gasteiger partial charge on any atom is -0.330 e. The molecule has 7 heteroatoms. The molecular formula is C14H21ClN2O3S. The van der Waals surface area contributed by atoms with E-state index in [1.165, 1.54) is 12.1 Å². The van der Waals surface area contributed by atoms with E-state index in [1.54, 1.807) is 12.1 Å². The first kappa shape index (κ1) is 18.1. The molecule has 0 aliphatic carbocycles. The predicted molar refractivity (Wildman–Crippen MR) is 83.9 cm³/mol. The average Bonchev–Trinajstić information content (AvgIpc) is 2.43. The van der Waals surface area contributed by atoms with E-state index in [0.717, 1.165) is 5.56 Å². The lowest BCUT2D eigenvalue weighted by Crippen LogP contribution is -2.39. The van der Waals surface area contributed by atoms with Gasteiger partial charge in [0.05, 0.1) is 4.90 Å². The number of aryl methyl sites for hydroxylation is 1. The smallest absolute Gasteiger partial charge is 0.188 e. The van der Waals surface area contributed by atoms with Crippen LogP contribution >= 0.6 is 11.6 Å². The molecule has 2 unspecified atom stereocenters. The number of hydrogen-bond acceptors (Lipinski definition) is 5. The number of ketones is 1. The molecule has 1 aromatic rings. The number of Topliss-reactive ketones (excluding diaryl/α,β-unsaturated/α-hetero) is 1. The van der Waals surface area contributed by atoms with E-state index in [9.17, 15) is 13.2 Å². The molecule has 1 aromatic carbocycles. The van der Waals surface area contributed by atoms with Crippen LogP contribution in [0.4, 0.5) is 0 Å². The van der Waals surface area contributed by atoms with E-state index in [2.05, 4.69) is 0 Å². The van der Waals surface area contributed by atoms with Gasteiger partial charge in [0.25, 0.3) is 0 Å². The highest BCUT2D eigenvalue weighted by Crippen LogP contribution is 2.22. The van der Waals surface area contributed by atoms with Crippen molar-refractivity contribution in [3.63, 3.8) is 0 Å². The van der Waals surface area contributed by atoms with Crippen LogP contribution in [-0.4, -0.2) is 31.5 Å². The number of carbonyl (C=O) groups excluding carboxylic acids is 1. The zero-order valence-electron chi connectivity index (χ0n) is 12.0. The Bertz CT molecular complexity index is 570. The predicted octanol–water partition coefficient (Wildman–Crippen LogP) is 1.36. The van der Waals surface area contributed by atoms with Gasteiger partial charge in [-0.2, -0.15) is 0 Å². The molecule has 0 radical (unpaired) electrons. The lowest BCUT2D eigenvalue weighted by Gasteiger charge is -2.18. The average molecular weight is 333 g/mol. The molecule has 2 atom stereocenters. The number of carbonyl (C=O) groups is 1. The normalized spacial score (nSPS) is 14.7. The van der Waals surface area contributed by atoms with Crippen LogP contribution in [0.5, 0.6) is 0 Å². The number of hydrogen-bond donors (Lipinski definition) is 2. The third-order valence-electron chi connectivity index (χ3n) is 3.23. The zero-order chi connectivity index (χ0) is 16.0. The van der Waals surface area contributed by atoms with Crippen molar-refractivity contribution in [3.05, 3.63) is 29.8 Å². The lowest BCUT2D eigenvalue weighted by molar-refractivity contribution is -0.118. The summed E-state index contributed by atoms with van der Waals surface area (Å²) in [7, 11) is -3.80. The molecule has 0 heterocycles. The summed E-state index contributed by atoms with van der Waals surface area (Å²) in [5.41, 5.74) is 10.4. The van der Waals surface area contributed by atoms with E-state index < -0.39 is 26.4 Å². The highest BCUT2D eigenvalue weighted by atomic mass is 35.5. The number of benzene rings is 1. The Kier molecular flexibility index (Phi) is 6.80. The number of unbranched alkanes of at least 4 members (excludes halogenated alkanes) is 1. The molecule has 21 heavy (non-hydrogen) atoms. The second-order valence-electron chi connectivity index (χ2n) is 4.94. The molecule has 1 rings (SSSR count). The van der Waals surface area contributed by atoms with Gasteiger partial charge < -0.3 is 11.5 Å². The highest BCUT2D eigenvalue weighted by Gasteiger charge is 2.35. The number of nitrogens with two attached hydrogens (primary N) is 2. The SMILES string of the molecule is Cc1ccc(S(=O)(=O)C(CCCCN)C(=O)C(N)Cl)cc1. The molecule has 0 aliphatic rings. The maximum atomic E-state index is 12.6. The van der Waals surface area contributed by atoms with Crippen molar-refractivity contribution in [2.24, 2.45) is 11.5 Å². The Labute approximate surface area is 130 Å². The minimum absolute atomic E-state index is 0.108. The lowest BCUT2D eigenvalue weighted by atomic mass is 10.1. The first-order valence-electron chi connectivity index (χ1n) is 6.74. The molecule has 118 valence electrons. The van der Waals surface area contributed by atoms with Crippen LogP contribution in [0.15, 0.2) is 29.2 Å². The van der Waals surface area contributed by atoms with Crippen molar-refractivity contribution in [1.82, 2.24) is 0 Å². The molecule has 0 fully saturated rings. The standard InChI is InChI=1S/C14H21ClN2O3S/c1-10-5-7-11(8-6-10)21(19,20)12(4-2-3-9-16)13(18)14(15)17/h5-8,12,14H,2-4,9,16-17H2,1H3. The molecule has 4 N–H and O–H groups in total. The van der Waals surface area contributed by atoms with Crippen molar-refractivity contribution >= 4 is 27.2 Å². The second kappa shape index (κ2) is 7.89. The van der Waals surface area contributed by atoms with Crippen molar-refractivity contribution in [1.29, 1.82) is 0 Å². The fourth-order valence-corrected chi connectivity index (χ4v) is 3.99. The molecular weight excluding hydrogens is 312 g/mol. The molecule has 5 nitrogen and oxygen atoms in total. The van der Waals surface area contributed by atoms with Gasteiger partial charge in [0.1, 0.15) is 10.8 Å². The van der Waals surface area contributed by atoms with Gasteiger partial charge in [0.15, 0.2) is 15.6 Å². The van der Waals surface area contributed by atoms with Gasteiger partial charge in [-0.05, 0) is 38.4 Å². The summed E-state index contributed by atoms with van der Waals surface area (Å²) in [5.74, 6) is -0.672. The van der Waals surface area contributed by atoms with Gasteiger partial charge in [0, 0.05) is 0 Å². The van der Waals surface area contributed by atoms with E-state index >= 15 is 0 Å². The molecule has 0 aliphatic heterocycles. The number of alkyl halides is 1. The van der Waals surface area contributed by atoms with Crippen LogP contribution in [0, 0.1) is 6.92 Å². The molecule has 0 bridgehead atoms. The van der Waals surface area contributed by atoms with E-state index in [-0.39, 0.29) is 11.3 Å². The van der Waals surface area contributed by atoms with Crippen LogP contribution in [0.25, 0.3) is 0 Å². The molecule has 0 spiro atoms. The third-order valence-corrected chi connectivity index (χ3v) is 5.60. The Morgan fingerprint density at radius 3 is 2.29 bits per heavy atom. The van der Waals surface area contributed by atoms with Crippen molar-refractivity contribution in [2.45, 2.75) is 41.8 Å². The summed E-state index contributed by atoms with van der Waals surface area (Å²) in [6.07, 6.45) is 1.35. The van der Waals surface area contributed by atoms with Crippen molar-refractivity contribution in [3.8, 4) is 0 Å². The Morgan fingerprint density at radius 2 is 1.81 bits per heavy atom. The Hall–Kier alpha value is -0.950. The summed E-state index contributed by atoms with van der Waals surface area (Å²) < 4.78 is 25.2. The third kappa shape index (κ3) is 4.78. The quantitative estimate of drug-likeness (QED) is 0.425. The summed E-state index contributed by atoms with van der Waals surface area (Å²) in [6.45, 7) is 2.30. The molecule has 0 amide bonds. The summed E-state index contributed by atoms with van der Waals surface area (Å²) >= 11 is 5.59. The summed E-state index contributed by atoms with van der Waals surface area (Å²) in [4.78, 5) is 12.2. The number of sulfone groups is 1. The minimum atomic E-state index is -3.80. The van der Waals surface area contributed by atoms with Crippen molar-refractivity contribution < 1.29 is 13.2 Å². The molecule has 0 saturated carbocycles. The fraction of sp³-hybridized carbons (Fsp3) is 0.500. The topological polar surface area (TPSA) is 103 Å². The van der Waals surface area contributed by atoms with E-state index in [0.29, 0.717) is 19.4 Å². The van der Waals surface area contributed by atoms with Gasteiger partial charge >= 0.3 is 0 Å². The van der Waals surface area contributed by atoms with Gasteiger partial charge in [-0.15, -0.1) is 0 Å². The summed E-state index contributed by atoms with van der Waals surface area (Å²) in [5, 5.41) is -1.22. The van der Waals surface area contributed by atoms with Gasteiger partial charge in [-0.3, -0.25) is 4.79 Å². The van der Waals surface area contributed by atoms with Crippen LogP contribution < -0.4 is 11.5 Å². The fourth-order valence-electron chi connectivity index (χ4n) is 1.99. The molecule has 0 saturated heterocycles. The van der Waals surface area contributed by atoms with Gasteiger partial charge in [-0.25, -0.2) is 8.42 Å². The first-order valence-corrected chi connectivity index (χ1v) is 8.73. The van der Waals surface area contributed by atoms with Crippen LogP contribution in [0.1, 0.15) is 24.8 Å². The Balaban J connectivity index is 3.10. The van der Waals surface area contributed by atoms with Gasteiger partial charge in [0.2, 0.25) is 0 Å². The van der Waals surface area contributed by atoms with E-state index in [4.69, 9.17) is 23.1 Å². The zero-order valence-corrected chi connectivity index (χ0v) is 13.5. The van der Waals surface area contributed by atoms with Crippen LogP contribution in [-0.2, 0) is 14.6 Å². The van der Waals surface area contributed by atoms with Crippen LogP contribution in [0.2, 0.25) is 0 Å². The molecule has 0 aromatic heterocycles.